The largest absolute Gasteiger partial charge is 0.379 e. The number of aromatic amines is 1. The molecule has 0 radical (unpaired) electrons. The molecule has 29 heavy (non-hydrogen) atoms. The first kappa shape index (κ1) is 19.4. The van der Waals surface area contributed by atoms with Gasteiger partial charge in [-0.2, -0.15) is 0 Å². The van der Waals surface area contributed by atoms with Crippen molar-refractivity contribution in [2.75, 3.05) is 26.3 Å². The highest BCUT2D eigenvalue weighted by atomic mass is 16.5. The molecule has 150 valence electrons. The minimum atomic E-state index is -0.367. The molecular formula is C23H25N3O3. The molecule has 6 heteroatoms. The Morgan fingerprint density at radius 2 is 1.90 bits per heavy atom. The Kier molecular flexibility index (Phi) is 5.74. The van der Waals surface area contributed by atoms with Crippen LogP contribution in [0.25, 0.3) is 10.9 Å². The first-order valence-electron chi connectivity index (χ1n) is 9.89. The number of amides is 1. The molecule has 2 N–H and O–H groups in total. The lowest BCUT2D eigenvalue weighted by atomic mass is 10.1. The minimum Gasteiger partial charge on any atom is -0.379 e. The van der Waals surface area contributed by atoms with Gasteiger partial charge in [-0.3, -0.25) is 14.5 Å². The van der Waals surface area contributed by atoms with Gasteiger partial charge in [-0.05, 0) is 29.7 Å². The molecule has 1 fully saturated rings. The van der Waals surface area contributed by atoms with E-state index in [-0.39, 0.29) is 16.9 Å². The fraction of sp³-hybridized carbons (Fsp3) is 0.304. The average Bonchev–Trinajstić information content (AvgIpc) is 2.74. The molecule has 2 aromatic carbocycles. The quantitative estimate of drug-likeness (QED) is 0.701. The first-order valence-corrected chi connectivity index (χ1v) is 9.89. The maximum Gasteiger partial charge on any atom is 0.257 e. The Balaban J connectivity index is 1.44. The first-order chi connectivity index (χ1) is 14.1. The third kappa shape index (κ3) is 4.39. The molecule has 0 spiro atoms. The van der Waals surface area contributed by atoms with Crippen molar-refractivity contribution in [3.05, 3.63) is 81.1 Å². The molecule has 1 aromatic heterocycles. The zero-order valence-electron chi connectivity index (χ0n) is 16.5. The van der Waals surface area contributed by atoms with Gasteiger partial charge in [-0.25, -0.2) is 0 Å². The molecular weight excluding hydrogens is 366 g/mol. The third-order valence-corrected chi connectivity index (χ3v) is 5.32. The van der Waals surface area contributed by atoms with E-state index in [0.717, 1.165) is 49.5 Å². The van der Waals surface area contributed by atoms with Crippen molar-refractivity contribution in [3.63, 3.8) is 0 Å². The molecule has 0 bridgehead atoms. The van der Waals surface area contributed by atoms with Crippen molar-refractivity contribution in [2.24, 2.45) is 0 Å². The van der Waals surface area contributed by atoms with E-state index in [1.54, 1.807) is 6.07 Å². The van der Waals surface area contributed by atoms with E-state index in [9.17, 15) is 9.59 Å². The number of carbonyl (C=O) groups is 1. The average molecular weight is 391 g/mol. The second kappa shape index (κ2) is 8.59. The van der Waals surface area contributed by atoms with Gasteiger partial charge in [-0.1, -0.05) is 36.4 Å². The van der Waals surface area contributed by atoms with Gasteiger partial charge in [0.05, 0.1) is 18.7 Å². The van der Waals surface area contributed by atoms with E-state index in [0.29, 0.717) is 11.9 Å². The molecule has 0 unspecified atom stereocenters. The highest BCUT2D eigenvalue weighted by Crippen LogP contribution is 2.13. The Hall–Kier alpha value is -2.96. The number of fused-ring (bicyclic) bond motifs is 1. The Morgan fingerprint density at radius 1 is 1.14 bits per heavy atom. The smallest absolute Gasteiger partial charge is 0.257 e. The monoisotopic (exact) mass is 391 g/mol. The summed E-state index contributed by atoms with van der Waals surface area (Å²) in [7, 11) is 0. The van der Waals surface area contributed by atoms with Gasteiger partial charge in [0.2, 0.25) is 5.43 Å². The third-order valence-electron chi connectivity index (χ3n) is 5.32. The normalized spacial score (nSPS) is 14.8. The van der Waals surface area contributed by atoms with Gasteiger partial charge >= 0.3 is 0 Å². The number of ether oxygens (including phenoxy) is 1. The molecule has 1 aliphatic rings. The highest BCUT2D eigenvalue weighted by Gasteiger charge is 2.14. The lowest BCUT2D eigenvalue weighted by Crippen LogP contribution is -2.35. The summed E-state index contributed by atoms with van der Waals surface area (Å²) in [6.45, 7) is 6.60. The molecule has 1 amide bonds. The second-order valence-corrected chi connectivity index (χ2v) is 7.42. The van der Waals surface area contributed by atoms with E-state index in [2.05, 4.69) is 27.3 Å². The van der Waals surface area contributed by atoms with Crippen LogP contribution in [0.15, 0.2) is 53.5 Å². The second-order valence-electron chi connectivity index (χ2n) is 7.42. The maximum atomic E-state index is 12.7. The van der Waals surface area contributed by atoms with Crippen LogP contribution in [0, 0.1) is 6.92 Å². The molecule has 1 saturated heterocycles. The van der Waals surface area contributed by atoms with Crippen LogP contribution >= 0.6 is 0 Å². The lowest BCUT2D eigenvalue weighted by molar-refractivity contribution is 0.0342. The number of rotatable bonds is 5. The summed E-state index contributed by atoms with van der Waals surface area (Å²) >= 11 is 0. The van der Waals surface area contributed by atoms with Crippen LogP contribution in [0.5, 0.6) is 0 Å². The molecule has 6 nitrogen and oxygen atoms in total. The predicted octanol–water partition coefficient (Wildman–Crippen LogP) is 2.60. The molecule has 2 heterocycles. The van der Waals surface area contributed by atoms with Gasteiger partial charge in [0.25, 0.3) is 5.91 Å². The van der Waals surface area contributed by atoms with Crippen LogP contribution in [0.3, 0.4) is 0 Å². The zero-order valence-corrected chi connectivity index (χ0v) is 16.5. The lowest BCUT2D eigenvalue weighted by Gasteiger charge is -2.26. The van der Waals surface area contributed by atoms with Gasteiger partial charge < -0.3 is 15.0 Å². The Labute approximate surface area is 169 Å². The number of benzene rings is 2. The summed E-state index contributed by atoms with van der Waals surface area (Å²) in [4.78, 5) is 30.8. The predicted molar refractivity (Wildman–Crippen MR) is 113 cm³/mol. The number of H-pyrrole nitrogens is 1. The fourth-order valence-electron chi connectivity index (χ4n) is 3.71. The van der Waals surface area contributed by atoms with E-state index >= 15 is 0 Å². The van der Waals surface area contributed by atoms with Crippen molar-refractivity contribution in [1.82, 2.24) is 15.2 Å². The van der Waals surface area contributed by atoms with Gasteiger partial charge in [0.15, 0.2) is 0 Å². The summed E-state index contributed by atoms with van der Waals surface area (Å²) in [5.41, 5.74) is 3.84. The number of hydrogen-bond donors (Lipinski definition) is 2. The number of aryl methyl sites for hydroxylation is 1. The number of nitrogens with one attached hydrogen (secondary N) is 2. The van der Waals surface area contributed by atoms with E-state index < -0.39 is 0 Å². The van der Waals surface area contributed by atoms with Gasteiger partial charge in [-0.15, -0.1) is 0 Å². The fourth-order valence-corrected chi connectivity index (χ4v) is 3.71. The van der Waals surface area contributed by atoms with Gasteiger partial charge in [0.1, 0.15) is 5.56 Å². The van der Waals surface area contributed by atoms with Gasteiger partial charge in [0, 0.05) is 37.8 Å². The molecule has 1 aliphatic heterocycles. The van der Waals surface area contributed by atoms with Crippen LogP contribution in [0.4, 0.5) is 0 Å². The summed E-state index contributed by atoms with van der Waals surface area (Å²) in [5, 5.41) is 3.41. The SMILES string of the molecule is Cc1cccc2c(=O)c(C(=O)NCc3cccc(CN4CCOCC4)c3)c[nH]c12. The highest BCUT2D eigenvalue weighted by molar-refractivity contribution is 5.97. The number of aromatic nitrogens is 1. The van der Waals surface area contributed by atoms with Crippen LogP contribution in [-0.4, -0.2) is 42.1 Å². The van der Waals surface area contributed by atoms with Crippen molar-refractivity contribution < 1.29 is 9.53 Å². The van der Waals surface area contributed by atoms with Crippen molar-refractivity contribution in [1.29, 1.82) is 0 Å². The maximum absolute atomic E-state index is 12.7. The standard InChI is InChI=1S/C23H25N3O3/c1-16-4-2-7-19-21(16)24-14-20(22(19)27)23(28)25-13-17-5-3-6-18(12-17)15-26-8-10-29-11-9-26/h2-7,12,14H,8-11,13,15H2,1H3,(H,24,27)(H,25,28). The van der Waals surface area contributed by atoms with Crippen LogP contribution in [0.2, 0.25) is 0 Å². The molecule has 0 aliphatic carbocycles. The summed E-state index contributed by atoms with van der Waals surface area (Å²) in [6, 6.07) is 13.7. The number of pyridine rings is 1. The minimum absolute atomic E-state index is 0.132. The summed E-state index contributed by atoms with van der Waals surface area (Å²) in [6.07, 6.45) is 1.50. The number of morpholine rings is 1. The molecule has 4 rings (SSSR count). The van der Waals surface area contributed by atoms with E-state index in [1.807, 2.05) is 31.2 Å². The van der Waals surface area contributed by atoms with Crippen LogP contribution in [0.1, 0.15) is 27.0 Å². The van der Waals surface area contributed by atoms with E-state index in [4.69, 9.17) is 4.74 Å². The molecule has 0 saturated carbocycles. The number of carbonyl (C=O) groups excluding carboxylic acids is 1. The van der Waals surface area contributed by atoms with Crippen LogP contribution in [-0.2, 0) is 17.8 Å². The van der Waals surface area contributed by atoms with Crippen molar-refractivity contribution in [2.45, 2.75) is 20.0 Å². The molecule has 3 aromatic rings. The number of hydrogen-bond acceptors (Lipinski definition) is 4. The zero-order chi connectivity index (χ0) is 20.2. The Morgan fingerprint density at radius 3 is 2.72 bits per heavy atom. The summed E-state index contributed by atoms with van der Waals surface area (Å²) < 4.78 is 5.39. The number of nitrogens with zero attached hydrogens (tertiary/aromatic N) is 1. The Bertz CT molecular complexity index is 1080. The molecule has 0 atom stereocenters. The number of para-hydroxylation sites is 1. The van der Waals surface area contributed by atoms with E-state index in [1.165, 1.54) is 11.8 Å². The van der Waals surface area contributed by atoms with Crippen LogP contribution < -0.4 is 10.7 Å². The topological polar surface area (TPSA) is 74.4 Å². The van der Waals surface area contributed by atoms with Crippen molar-refractivity contribution in [3.8, 4) is 0 Å². The summed E-state index contributed by atoms with van der Waals surface area (Å²) in [5.74, 6) is -0.367. The van der Waals surface area contributed by atoms with Crippen molar-refractivity contribution >= 4 is 16.8 Å².